The van der Waals surface area contributed by atoms with E-state index in [2.05, 4.69) is 10.3 Å². The normalized spacial score (nSPS) is 12.0. The molecule has 140 valence electrons. The first kappa shape index (κ1) is 19.9. The van der Waals surface area contributed by atoms with Crippen molar-refractivity contribution in [3.63, 3.8) is 0 Å². The maximum absolute atomic E-state index is 12.9. The first-order valence-electron chi connectivity index (χ1n) is 7.52. The van der Waals surface area contributed by atoms with Gasteiger partial charge >= 0.3 is 6.18 Å². The molecule has 1 heterocycles. The zero-order valence-corrected chi connectivity index (χ0v) is 14.3. The molecule has 2 aromatic rings. The standard InChI is InChI=1S/C16H16F3N3O3S/c17-16(18,19)13-6-1-2-7-14(13)26(24,25)22-10-8-15(23)21-11-12-5-3-4-9-20-12/h1-7,9,22H,8,10-11H2,(H,21,23). The summed E-state index contributed by atoms with van der Waals surface area (Å²) in [6.45, 7) is -0.161. The van der Waals surface area contributed by atoms with Crippen molar-refractivity contribution in [1.82, 2.24) is 15.0 Å². The van der Waals surface area contributed by atoms with Crippen LogP contribution < -0.4 is 10.0 Å². The van der Waals surface area contributed by atoms with Crippen LogP contribution in [-0.2, 0) is 27.5 Å². The molecule has 0 saturated heterocycles. The van der Waals surface area contributed by atoms with Crippen LogP contribution >= 0.6 is 0 Å². The van der Waals surface area contributed by atoms with Crippen LogP contribution in [0.5, 0.6) is 0 Å². The Morgan fingerprint density at radius 1 is 1.08 bits per heavy atom. The Morgan fingerprint density at radius 2 is 1.77 bits per heavy atom. The van der Waals surface area contributed by atoms with Crippen molar-refractivity contribution in [2.75, 3.05) is 6.54 Å². The number of nitrogens with one attached hydrogen (secondary N) is 2. The van der Waals surface area contributed by atoms with Crippen LogP contribution in [0.15, 0.2) is 53.6 Å². The SMILES string of the molecule is O=C(CCNS(=O)(=O)c1ccccc1C(F)(F)F)NCc1ccccn1. The highest BCUT2D eigenvalue weighted by Crippen LogP contribution is 2.33. The lowest BCUT2D eigenvalue weighted by Crippen LogP contribution is -2.31. The van der Waals surface area contributed by atoms with Crippen molar-refractivity contribution in [2.45, 2.75) is 24.0 Å². The van der Waals surface area contributed by atoms with Crippen molar-refractivity contribution in [1.29, 1.82) is 0 Å². The van der Waals surface area contributed by atoms with Crippen LogP contribution in [0.2, 0.25) is 0 Å². The van der Waals surface area contributed by atoms with Gasteiger partial charge in [0.1, 0.15) is 0 Å². The minimum Gasteiger partial charge on any atom is -0.350 e. The van der Waals surface area contributed by atoms with Crippen LogP contribution in [0, 0.1) is 0 Å². The second-order valence-corrected chi connectivity index (χ2v) is 6.97. The number of benzene rings is 1. The van der Waals surface area contributed by atoms with Crippen molar-refractivity contribution in [2.24, 2.45) is 0 Å². The van der Waals surface area contributed by atoms with Crippen molar-refractivity contribution >= 4 is 15.9 Å². The molecule has 1 aromatic heterocycles. The van der Waals surface area contributed by atoms with Crippen LogP contribution in [0.25, 0.3) is 0 Å². The van der Waals surface area contributed by atoms with Gasteiger partial charge in [-0.2, -0.15) is 13.2 Å². The molecule has 10 heteroatoms. The van der Waals surface area contributed by atoms with Gasteiger partial charge in [-0.3, -0.25) is 9.78 Å². The molecule has 0 bridgehead atoms. The lowest BCUT2D eigenvalue weighted by molar-refractivity contribution is -0.139. The first-order valence-corrected chi connectivity index (χ1v) is 9.01. The average molecular weight is 387 g/mol. The van der Waals surface area contributed by atoms with Crippen LogP contribution in [0.3, 0.4) is 0 Å². The number of alkyl halides is 3. The zero-order valence-electron chi connectivity index (χ0n) is 13.5. The van der Waals surface area contributed by atoms with E-state index in [4.69, 9.17) is 0 Å². The third kappa shape index (κ3) is 5.53. The van der Waals surface area contributed by atoms with E-state index < -0.39 is 32.6 Å². The number of nitrogens with zero attached hydrogens (tertiary/aromatic N) is 1. The largest absolute Gasteiger partial charge is 0.417 e. The van der Waals surface area contributed by atoms with Crippen molar-refractivity contribution in [3.8, 4) is 0 Å². The fraction of sp³-hybridized carbons (Fsp3) is 0.250. The van der Waals surface area contributed by atoms with E-state index in [-0.39, 0.29) is 19.5 Å². The lowest BCUT2D eigenvalue weighted by atomic mass is 10.2. The second kappa shape index (κ2) is 8.28. The molecule has 2 rings (SSSR count). The number of sulfonamides is 1. The maximum atomic E-state index is 12.9. The Morgan fingerprint density at radius 3 is 2.42 bits per heavy atom. The molecule has 0 aliphatic carbocycles. The van der Waals surface area contributed by atoms with E-state index in [0.29, 0.717) is 11.8 Å². The highest BCUT2D eigenvalue weighted by molar-refractivity contribution is 7.89. The molecule has 0 fully saturated rings. The van der Waals surface area contributed by atoms with Crippen molar-refractivity contribution < 1.29 is 26.4 Å². The first-order chi connectivity index (χ1) is 12.2. The summed E-state index contributed by atoms with van der Waals surface area (Å²) in [5.74, 6) is -0.456. The zero-order chi connectivity index (χ0) is 19.2. The average Bonchev–Trinajstić information content (AvgIpc) is 2.60. The Kier molecular flexibility index (Phi) is 6.32. The van der Waals surface area contributed by atoms with Gasteiger partial charge in [-0.1, -0.05) is 18.2 Å². The summed E-state index contributed by atoms with van der Waals surface area (Å²) >= 11 is 0. The molecular weight excluding hydrogens is 371 g/mol. The Bertz CT molecular complexity index is 856. The highest BCUT2D eigenvalue weighted by Gasteiger charge is 2.36. The molecule has 0 spiro atoms. The molecule has 0 atom stereocenters. The molecule has 2 N–H and O–H groups in total. The maximum Gasteiger partial charge on any atom is 0.417 e. The topological polar surface area (TPSA) is 88.2 Å². The number of carbonyl (C=O) groups excluding carboxylic acids is 1. The van der Waals surface area contributed by atoms with Crippen molar-refractivity contribution in [3.05, 3.63) is 59.9 Å². The van der Waals surface area contributed by atoms with E-state index >= 15 is 0 Å². The van der Waals surface area contributed by atoms with Gasteiger partial charge in [0.05, 0.1) is 22.7 Å². The molecule has 6 nitrogen and oxygen atoms in total. The lowest BCUT2D eigenvalue weighted by Gasteiger charge is -2.13. The summed E-state index contributed by atoms with van der Waals surface area (Å²) in [6, 6.07) is 9.04. The fourth-order valence-corrected chi connectivity index (χ4v) is 3.35. The quantitative estimate of drug-likeness (QED) is 0.762. The third-order valence-corrected chi connectivity index (χ3v) is 4.84. The van der Waals surface area contributed by atoms with Gasteiger partial charge in [-0.05, 0) is 24.3 Å². The van der Waals surface area contributed by atoms with Crippen LogP contribution in [0.1, 0.15) is 17.7 Å². The fourth-order valence-electron chi connectivity index (χ4n) is 2.09. The molecule has 0 aliphatic rings. The number of hydrogen-bond acceptors (Lipinski definition) is 4. The summed E-state index contributed by atoms with van der Waals surface area (Å²) in [5, 5.41) is 2.54. The predicted octanol–water partition coefficient (Wildman–Crippen LogP) is 2.09. The number of pyridine rings is 1. The Balaban J connectivity index is 1.92. The van der Waals surface area contributed by atoms with Gasteiger partial charge in [0.15, 0.2) is 0 Å². The number of rotatable bonds is 7. The van der Waals surface area contributed by atoms with E-state index in [1.165, 1.54) is 6.07 Å². The molecule has 0 aliphatic heterocycles. The summed E-state index contributed by atoms with van der Waals surface area (Å²) in [7, 11) is -4.40. The smallest absolute Gasteiger partial charge is 0.350 e. The number of carbonyl (C=O) groups is 1. The third-order valence-electron chi connectivity index (χ3n) is 3.32. The molecule has 0 unspecified atom stereocenters. The van der Waals surface area contributed by atoms with Gasteiger partial charge < -0.3 is 5.32 Å². The van der Waals surface area contributed by atoms with Gasteiger partial charge in [0.2, 0.25) is 15.9 Å². The molecule has 1 amide bonds. The number of aromatic nitrogens is 1. The summed E-state index contributed by atoms with van der Waals surface area (Å²) in [4.78, 5) is 14.8. The van der Waals surface area contributed by atoms with E-state index in [1.54, 1.807) is 24.4 Å². The monoisotopic (exact) mass is 387 g/mol. The number of amides is 1. The molecular formula is C16H16F3N3O3S. The minimum atomic E-state index is -4.80. The molecule has 26 heavy (non-hydrogen) atoms. The van der Waals surface area contributed by atoms with Gasteiger partial charge in [-0.25, -0.2) is 13.1 Å². The van der Waals surface area contributed by atoms with Gasteiger partial charge in [-0.15, -0.1) is 0 Å². The summed E-state index contributed by atoms with van der Waals surface area (Å²) in [5.41, 5.74) is -0.632. The minimum absolute atomic E-state index is 0.170. The van der Waals surface area contributed by atoms with Gasteiger partial charge in [0.25, 0.3) is 0 Å². The number of halogens is 3. The number of hydrogen-bond donors (Lipinski definition) is 2. The van der Waals surface area contributed by atoms with Gasteiger partial charge in [0, 0.05) is 19.2 Å². The van der Waals surface area contributed by atoms with E-state index in [0.717, 1.165) is 12.1 Å². The van der Waals surface area contributed by atoms with Crippen LogP contribution in [0.4, 0.5) is 13.2 Å². The predicted molar refractivity (Wildman–Crippen MR) is 87.3 cm³/mol. The highest BCUT2D eigenvalue weighted by atomic mass is 32.2. The molecule has 1 aromatic carbocycles. The Hall–Kier alpha value is -2.46. The summed E-state index contributed by atoms with van der Waals surface area (Å²) < 4.78 is 65.0. The van der Waals surface area contributed by atoms with E-state index in [1.807, 2.05) is 4.72 Å². The molecule has 0 saturated carbocycles. The second-order valence-electron chi connectivity index (χ2n) is 5.24. The summed E-state index contributed by atoms with van der Waals surface area (Å²) in [6.07, 6.45) is -3.46. The molecule has 0 radical (unpaired) electrons. The van der Waals surface area contributed by atoms with Crippen LogP contribution in [-0.4, -0.2) is 25.9 Å². The van der Waals surface area contributed by atoms with E-state index in [9.17, 15) is 26.4 Å². The Labute approximate surface area is 148 Å².